The zero-order valence-electron chi connectivity index (χ0n) is 11.5. The maximum absolute atomic E-state index is 5.51. The average Bonchev–Trinajstić information content (AvgIpc) is 2.46. The van der Waals surface area contributed by atoms with Crippen molar-refractivity contribution in [3.05, 3.63) is 23.8 Å². The summed E-state index contributed by atoms with van der Waals surface area (Å²) >= 11 is 0. The van der Waals surface area contributed by atoms with Gasteiger partial charge in [0.25, 0.3) is 0 Å². The van der Waals surface area contributed by atoms with Gasteiger partial charge >= 0.3 is 0 Å². The van der Waals surface area contributed by atoms with Gasteiger partial charge in [0.1, 0.15) is 11.5 Å². The summed E-state index contributed by atoms with van der Waals surface area (Å²) in [5, 5.41) is 3.40. The van der Waals surface area contributed by atoms with Crippen molar-refractivity contribution in [3.8, 4) is 11.5 Å². The average molecular weight is 249 g/mol. The first-order chi connectivity index (χ1) is 8.78. The summed E-state index contributed by atoms with van der Waals surface area (Å²) in [5.41, 5.74) is 1.32. The van der Waals surface area contributed by atoms with Crippen molar-refractivity contribution >= 4 is 0 Å². The van der Waals surface area contributed by atoms with Crippen LogP contribution in [0.1, 0.15) is 37.2 Å². The molecule has 3 heteroatoms. The molecule has 1 saturated carbocycles. The van der Waals surface area contributed by atoms with Crippen LogP contribution in [-0.2, 0) is 0 Å². The quantitative estimate of drug-likeness (QED) is 0.890. The molecule has 0 heterocycles. The molecule has 18 heavy (non-hydrogen) atoms. The number of nitrogens with one attached hydrogen (secondary N) is 1. The number of hydrogen-bond acceptors (Lipinski definition) is 3. The van der Waals surface area contributed by atoms with Crippen LogP contribution in [0.25, 0.3) is 0 Å². The van der Waals surface area contributed by atoms with Crippen LogP contribution in [-0.4, -0.2) is 27.3 Å². The van der Waals surface area contributed by atoms with E-state index in [1.54, 1.807) is 14.2 Å². The van der Waals surface area contributed by atoms with E-state index in [2.05, 4.69) is 18.4 Å². The number of ether oxygens (including phenoxy) is 2. The maximum Gasteiger partial charge on any atom is 0.126 e. The molecular formula is C15H23NO2. The largest absolute Gasteiger partial charge is 0.497 e. The molecule has 2 atom stereocenters. The molecule has 2 rings (SSSR count). The fourth-order valence-corrected chi connectivity index (χ4v) is 2.89. The van der Waals surface area contributed by atoms with Crippen molar-refractivity contribution in [2.75, 3.05) is 21.3 Å². The van der Waals surface area contributed by atoms with Crippen LogP contribution in [0.2, 0.25) is 0 Å². The lowest BCUT2D eigenvalue weighted by Crippen LogP contribution is -2.30. The Kier molecular flexibility index (Phi) is 4.48. The van der Waals surface area contributed by atoms with Gasteiger partial charge in [-0.25, -0.2) is 0 Å². The van der Waals surface area contributed by atoms with Gasteiger partial charge in [-0.2, -0.15) is 0 Å². The molecular weight excluding hydrogens is 226 g/mol. The Balaban J connectivity index is 2.21. The lowest BCUT2D eigenvalue weighted by Gasteiger charge is -2.30. The second-order valence-electron chi connectivity index (χ2n) is 4.96. The first-order valence-corrected chi connectivity index (χ1v) is 6.67. The van der Waals surface area contributed by atoms with Gasteiger partial charge in [-0.1, -0.05) is 12.5 Å². The van der Waals surface area contributed by atoms with Gasteiger partial charge < -0.3 is 14.8 Å². The monoisotopic (exact) mass is 249 g/mol. The topological polar surface area (TPSA) is 30.5 Å². The molecule has 100 valence electrons. The van der Waals surface area contributed by atoms with Crippen LogP contribution >= 0.6 is 0 Å². The highest BCUT2D eigenvalue weighted by Crippen LogP contribution is 2.38. The molecule has 1 aliphatic carbocycles. The zero-order chi connectivity index (χ0) is 13.0. The molecule has 0 saturated heterocycles. The lowest BCUT2D eigenvalue weighted by atomic mass is 9.81. The molecule has 0 amide bonds. The minimum atomic E-state index is 0.594. The Hall–Kier alpha value is -1.22. The number of methoxy groups -OCH3 is 2. The molecule has 1 N–H and O–H groups in total. The predicted octanol–water partition coefficient (Wildman–Crippen LogP) is 2.95. The van der Waals surface area contributed by atoms with Crippen LogP contribution in [0.4, 0.5) is 0 Å². The van der Waals surface area contributed by atoms with Crippen LogP contribution in [0.15, 0.2) is 18.2 Å². The Morgan fingerprint density at radius 1 is 1.17 bits per heavy atom. The van der Waals surface area contributed by atoms with Crippen LogP contribution in [0.5, 0.6) is 11.5 Å². The van der Waals surface area contributed by atoms with Gasteiger partial charge in [0.2, 0.25) is 0 Å². The second kappa shape index (κ2) is 6.10. The second-order valence-corrected chi connectivity index (χ2v) is 4.96. The number of hydrogen-bond donors (Lipinski definition) is 1. The van der Waals surface area contributed by atoms with E-state index in [4.69, 9.17) is 9.47 Å². The SMILES string of the molecule is CNC1CCCC(c2ccc(OC)cc2OC)C1. The molecule has 1 aromatic carbocycles. The van der Waals surface area contributed by atoms with Crippen LogP contribution in [0.3, 0.4) is 0 Å². The van der Waals surface area contributed by atoms with Gasteiger partial charge in [-0.3, -0.25) is 0 Å². The standard InChI is InChI=1S/C15H23NO2/c1-16-12-6-4-5-11(9-12)14-8-7-13(17-2)10-15(14)18-3/h7-8,10-12,16H,4-6,9H2,1-3H3. The molecule has 0 bridgehead atoms. The molecule has 2 unspecified atom stereocenters. The summed E-state index contributed by atoms with van der Waals surface area (Å²) in [5.74, 6) is 2.41. The van der Waals surface area contributed by atoms with Crippen molar-refractivity contribution in [1.82, 2.24) is 5.32 Å². The molecule has 1 aromatic rings. The third kappa shape index (κ3) is 2.78. The van der Waals surface area contributed by atoms with E-state index in [9.17, 15) is 0 Å². The highest BCUT2D eigenvalue weighted by atomic mass is 16.5. The van der Waals surface area contributed by atoms with E-state index in [0.717, 1.165) is 11.5 Å². The minimum absolute atomic E-state index is 0.594. The van der Waals surface area contributed by atoms with E-state index in [1.165, 1.54) is 31.2 Å². The van der Waals surface area contributed by atoms with Gasteiger partial charge in [-0.15, -0.1) is 0 Å². The van der Waals surface area contributed by atoms with Crippen molar-refractivity contribution in [2.24, 2.45) is 0 Å². The maximum atomic E-state index is 5.51. The van der Waals surface area contributed by atoms with Crippen molar-refractivity contribution in [2.45, 2.75) is 37.6 Å². The zero-order valence-corrected chi connectivity index (χ0v) is 11.5. The first-order valence-electron chi connectivity index (χ1n) is 6.67. The summed E-state index contributed by atoms with van der Waals surface area (Å²) in [7, 11) is 5.47. The Morgan fingerprint density at radius 2 is 2.00 bits per heavy atom. The van der Waals surface area contributed by atoms with Crippen LogP contribution < -0.4 is 14.8 Å². The van der Waals surface area contributed by atoms with E-state index in [1.807, 2.05) is 12.1 Å². The number of benzene rings is 1. The highest BCUT2D eigenvalue weighted by molar-refractivity contribution is 5.43. The van der Waals surface area contributed by atoms with Crippen LogP contribution in [0, 0.1) is 0 Å². The Bertz CT molecular complexity index is 392. The summed E-state index contributed by atoms with van der Waals surface area (Å²) < 4.78 is 10.8. The molecule has 0 aromatic heterocycles. The molecule has 1 aliphatic rings. The van der Waals surface area contributed by atoms with Gasteiger partial charge in [0, 0.05) is 12.1 Å². The van der Waals surface area contributed by atoms with Crippen molar-refractivity contribution in [3.63, 3.8) is 0 Å². The minimum Gasteiger partial charge on any atom is -0.497 e. The van der Waals surface area contributed by atoms with E-state index in [0.29, 0.717) is 12.0 Å². The molecule has 0 radical (unpaired) electrons. The molecule has 1 fully saturated rings. The third-order valence-electron chi connectivity index (χ3n) is 3.96. The fraction of sp³-hybridized carbons (Fsp3) is 0.600. The van der Waals surface area contributed by atoms with E-state index < -0.39 is 0 Å². The smallest absolute Gasteiger partial charge is 0.126 e. The van der Waals surface area contributed by atoms with E-state index in [-0.39, 0.29) is 0 Å². The third-order valence-corrected chi connectivity index (χ3v) is 3.96. The molecule has 0 spiro atoms. The Morgan fingerprint density at radius 3 is 2.67 bits per heavy atom. The van der Waals surface area contributed by atoms with Gasteiger partial charge in [-0.05, 0) is 43.9 Å². The first kappa shape index (κ1) is 13.2. The Labute approximate surface area is 109 Å². The highest BCUT2D eigenvalue weighted by Gasteiger charge is 2.24. The fourth-order valence-electron chi connectivity index (χ4n) is 2.89. The number of rotatable bonds is 4. The summed E-state index contributed by atoms with van der Waals surface area (Å²) in [4.78, 5) is 0. The van der Waals surface area contributed by atoms with Crippen molar-refractivity contribution < 1.29 is 9.47 Å². The molecule has 3 nitrogen and oxygen atoms in total. The predicted molar refractivity (Wildman–Crippen MR) is 73.6 cm³/mol. The summed E-state index contributed by atoms with van der Waals surface area (Å²) in [6.07, 6.45) is 5.01. The summed E-state index contributed by atoms with van der Waals surface area (Å²) in [6, 6.07) is 6.80. The van der Waals surface area contributed by atoms with Gasteiger partial charge in [0.15, 0.2) is 0 Å². The normalized spacial score (nSPS) is 23.7. The lowest BCUT2D eigenvalue weighted by molar-refractivity contribution is 0.340. The summed E-state index contributed by atoms with van der Waals surface area (Å²) in [6.45, 7) is 0. The van der Waals surface area contributed by atoms with Crippen molar-refractivity contribution in [1.29, 1.82) is 0 Å². The van der Waals surface area contributed by atoms with E-state index >= 15 is 0 Å². The molecule has 0 aliphatic heterocycles. The van der Waals surface area contributed by atoms with Gasteiger partial charge in [0.05, 0.1) is 14.2 Å².